The highest BCUT2D eigenvalue weighted by atomic mass is 16.5. The van der Waals surface area contributed by atoms with Crippen LogP contribution in [0.1, 0.15) is 53.8 Å². The molecular formula is C21H24O3. The molecule has 2 aromatic rings. The first-order valence-corrected chi connectivity index (χ1v) is 8.53. The Kier molecular flexibility index (Phi) is 6.74. The van der Waals surface area contributed by atoms with Crippen LogP contribution < -0.4 is 4.74 Å². The summed E-state index contributed by atoms with van der Waals surface area (Å²) >= 11 is 0. The summed E-state index contributed by atoms with van der Waals surface area (Å²) in [7, 11) is 0. The van der Waals surface area contributed by atoms with E-state index in [1.807, 2.05) is 25.1 Å². The van der Waals surface area contributed by atoms with E-state index in [2.05, 4.69) is 6.92 Å². The van der Waals surface area contributed by atoms with E-state index < -0.39 is 5.92 Å². The first-order valence-electron chi connectivity index (χ1n) is 8.53. The van der Waals surface area contributed by atoms with Gasteiger partial charge in [-0.2, -0.15) is 0 Å². The molecule has 0 amide bonds. The summed E-state index contributed by atoms with van der Waals surface area (Å²) in [5.74, 6) is -0.0953. The van der Waals surface area contributed by atoms with Crippen molar-refractivity contribution in [1.29, 1.82) is 0 Å². The molecule has 0 heterocycles. The molecule has 0 spiro atoms. The Morgan fingerprint density at radius 2 is 1.46 bits per heavy atom. The van der Waals surface area contributed by atoms with E-state index in [0.717, 1.165) is 18.6 Å². The number of carbonyl (C=O) groups excluding carboxylic acids is 2. The summed E-state index contributed by atoms with van der Waals surface area (Å²) in [5.41, 5.74) is 1.15. The molecule has 0 aliphatic heterocycles. The Labute approximate surface area is 143 Å². The average Bonchev–Trinajstić information content (AvgIpc) is 2.63. The second-order valence-corrected chi connectivity index (χ2v) is 5.75. The average molecular weight is 324 g/mol. The number of hydrogen-bond donors (Lipinski definition) is 0. The summed E-state index contributed by atoms with van der Waals surface area (Å²) in [6, 6.07) is 16.1. The molecule has 1 unspecified atom stereocenters. The van der Waals surface area contributed by atoms with E-state index in [1.54, 1.807) is 36.4 Å². The van der Waals surface area contributed by atoms with Crippen LogP contribution >= 0.6 is 0 Å². The lowest BCUT2D eigenvalue weighted by molar-refractivity contribution is 0.0797. The maximum absolute atomic E-state index is 12.9. The molecule has 0 aliphatic carbocycles. The summed E-state index contributed by atoms with van der Waals surface area (Å²) in [6.07, 6.45) is 2.39. The van der Waals surface area contributed by atoms with Gasteiger partial charge in [-0.3, -0.25) is 9.59 Å². The molecule has 0 saturated carbocycles. The molecule has 0 N–H and O–H groups in total. The van der Waals surface area contributed by atoms with Crippen LogP contribution in [-0.2, 0) is 0 Å². The van der Waals surface area contributed by atoms with E-state index in [4.69, 9.17) is 4.74 Å². The normalized spacial score (nSPS) is 11.8. The standard InChI is InChI=1S/C21H24O3/c1-3-5-11-19(20(22)16-9-7-6-8-10-16)21(23)17-12-14-18(15-13-17)24-4-2/h6-10,12-15,19H,3-5,11H2,1-2H3. The van der Waals surface area contributed by atoms with Crippen molar-refractivity contribution in [3.63, 3.8) is 0 Å². The van der Waals surface area contributed by atoms with Crippen LogP contribution in [0.5, 0.6) is 5.75 Å². The fourth-order valence-corrected chi connectivity index (χ4v) is 2.68. The van der Waals surface area contributed by atoms with Crippen molar-refractivity contribution in [2.24, 2.45) is 5.92 Å². The molecule has 0 fully saturated rings. The monoisotopic (exact) mass is 324 g/mol. The zero-order valence-electron chi connectivity index (χ0n) is 14.3. The number of rotatable bonds is 9. The lowest BCUT2D eigenvalue weighted by atomic mass is 9.86. The van der Waals surface area contributed by atoms with E-state index >= 15 is 0 Å². The number of Topliss-reactive ketones (excluding diaryl/α,β-unsaturated/α-hetero) is 2. The van der Waals surface area contributed by atoms with E-state index in [0.29, 0.717) is 24.2 Å². The molecule has 0 saturated heterocycles. The van der Waals surface area contributed by atoms with Gasteiger partial charge in [0.1, 0.15) is 5.75 Å². The van der Waals surface area contributed by atoms with Crippen LogP contribution in [0.2, 0.25) is 0 Å². The highest BCUT2D eigenvalue weighted by Crippen LogP contribution is 2.22. The van der Waals surface area contributed by atoms with E-state index in [9.17, 15) is 9.59 Å². The fraction of sp³-hybridized carbons (Fsp3) is 0.333. The van der Waals surface area contributed by atoms with Crippen LogP contribution in [0.15, 0.2) is 54.6 Å². The van der Waals surface area contributed by atoms with Gasteiger partial charge >= 0.3 is 0 Å². The van der Waals surface area contributed by atoms with E-state index in [-0.39, 0.29) is 11.6 Å². The minimum atomic E-state index is -0.620. The zero-order valence-corrected chi connectivity index (χ0v) is 14.3. The number of unbranched alkanes of at least 4 members (excludes halogenated alkanes) is 1. The third kappa shape index (κ3) is 4.54. The van der Waals surface area contributed by atoms with Crippen molar-refractivity contribution in [2.45, 2.75) is 33.1 Å². The first kappa shape index (κ1) is 17.9. The summed E-state index contributed by atoms with van der Waals surface area (Å²) in [4.78, 5) is 25.7. The van der Waals surface area contributed by atoms with Gasteiger partial charge in [-0.15, -0.1) is 0 Å². The molecular weight excluding hydrogens is 300 g/mol. The number of ketones is 2. The third-order valence-electron chi connectivity index (χ3n) is 3.99. The van der Waals surface area contributed by atoms with Gasteiger partial charge < -0.3 is 4.74 Å². The summed E-state index contributed by atoms with van der Waals surface area (Å²) in [6.45, 7) is 4.56. The van der Waals surface area contributed by atoms with Crippen molar-refractivity contribution in [2.75, 3.05) is 6.61 Å². The van der Waals surface area contributed by atoms with Gasteiger partial charge in [-0.1, -0.05) is 50.1 Å². The molecule has 2 rings (SSSR count). The van der Waals surface area contributed by atoms with Gasteiger partial charge in [-0.25, -0.2) is 0 Å². The molecule has 3 heteroatoms. The second-order valence-electron chi connectivity index (χ2n) is 5.75. The minimum Gasteiger partial charge on any atom is -0.494 e. The highest BCUT2D eigenvalue weighted by Gasteiger charge is 2.27. The molecule has 3 nitrogen and oxygen atoms in total. The van der Waals surface area contributed by atoms with Gasteiger partial charge in [0.25, 0.3) is 0 Å². The molecule has 2 aromatic carbocycles. The third-order valence-corrected chi connectivity index (χ3v) is 3.99. The minimum absolute atomic E-state index is 0.0945. The van der Waals surface area contributed by atoms with Crippen LogP contribution in [0.25, 0.3) is 0 Å². The molecule has 0 aliphatic rings. The van der Waals surface area contributed by atoms with Crippen LogP contribution in [-0.4, -0.2) is 18.2 Å². The number of benzene rings is 2. The van der Waals surface area contributed by atoms with Crippen LogP contribution in [0.3, 0.4) is 0 Å². The van der Waals surface area contributed by atoms with Gasteiger partial charge in [0, 0.05) is 11.1 Å². The molecule has 24 heavy (non-hydrogen) atoms. The predicted molar refractivity (Wildman–Crippen MR) is 95.7 cm³/mol. The SMILES string of the molecule is CCCCC(C(=O)c1ccccc1)C(=O)c1ccc(OCC)cc1. The first-order chi connectivity index (χ1) is 11.7. The maximum atomic E-state index is 12.9. The lowest BCUT2D eigenvalue weighted by Crippen LogP contribution is -2.24. The quantitative estimate of drug-likeness (QED) is 0.484. The second kappa shape index (κ2) is 9.02. The maximum Gasteiger partial charge on any atom is 0.173 e. The predicted octanol–water partition coefficient (Wildman–Crippen LogP) is 4.96. The fourth-order valence-electron chi connectivity index (χ4n) is 2.68. The van der Waals surface area contributed by atoms with Crippen LogP contribution in [0.4, 0.5) is 0 Å². The zero-order chi connectivity index (χ0) is 17.4. The molecule has 0 aromatic heterocycles. The lowest BCUT2D eigenvalue weighted by Gasteiger charge is -2.15. The van der Waals surface area contributed by atoms with Crippen molar-refractivity contribution >= 4 is 11.6 Å². The Morgan fingerprint density at radius 3 is 2.00 bits per heavy atom. The Hall–Kier alpha value is -2.42. The molecule has 1 atom stereocenters. The van der Waals surface area contributed by atoms with Crippen molar-refractivity contribution in [1.82, 2.24) is 0 Å². The largest absolute Gasteiger partial charge is 0.494 e. The van der Waals surface area contributed by atoms with Crippen LogP contribution in [0, 0.1) is 5.92 Å². The number of ether oxygens (including phenoxy) is 1. The molecule has 0 bridgehead atoms. The van der Waals surface area contributed by atoms with Gasteiger partial charge in [0.15, 0.2) is 11.6 Å². The number of carbonyl (C=O) groups is 2. The number of hydrogen-bond acceptors (Lipinski definition) is 3. The van der Waals surface area contributed by atoms with Crippen molar-refractivity contribution in [3.8, 4) is 5.75 Å². The van der Waals surface area contributed by atoms with Gasteiger partial charge in [0.05, 0.1) is 12.5 Å². The molecule has 0 radical (unpaired) electrons. The van der Waals surface area contributed by atoms with E-state index in [1.165, 1.54) is 0 Å². The molecule has 126 valence electrons. The van der Waals surface area contributed by atoms with Gasteiger partial charge in [0.2, 0.25) is 0 Å². The highest BCUT2D eigenvalue weighted by molar-refractivity contribution is 6.16. The van der Waals surface area contributed by atoms with Crippen molar-refractivity contribution in [3.05, 3.63) is 65.7 Å². The smallest absolute Gasteiger partial charge is 0.173 e. The summed E-state index contributed by atoms with van der Waals surface area (Å²) < 4.78 is 5.40. The Bertz CT molecular complexity index is 659. The Morgan fingerprint density at radius 1 is 0.875 bits per heavy atom. The topological polar surface area (TPSA) is 43.4 Å². The van der Waals surface area contributed by atoms with Gasteiger partial charge in [-0.05, 0) is 37.6 Å². The Balaban J connectivity index is 2.23. The van der Waals surface area contributed by atoms with Crippen molar-refractivity contribution < 1.29 is 14.3 Å². The summed E-state index contributed by atoms with van der Waals surface area (Å²) in [5, 5.41) is 0.